The number of ketones is 1. The minimum Gasteiger partial charge on any atom is -0.481 e. The van der Waals surface area contributed by atoms with Crippen LogP contribution in [0.4, 0.5) is 0 Å². The van der Waals surface area contributed by atoms with E-state index in [1.54, 1.807) is 36.4 Å². The highest BCUT2D eigenvalue weighted by Crippen LogP contribution is 2.25. The summed E-state index contributed by atoms with van der Waals surface area (Å²) in [6.45, 7) is 7.16. The number of aliphatic carboxylic acids is 1. The highest BCUT2D eigenvalue weighted by atomic mass is 16.5. The predicted molar refractivity (Wildman–Crippen MR) is 96.9 cm³/mol. The molecule has 5 heteroatoms. The van der Waals surface area contributed by atoms with Crippen LogP contribution < -0.4 is 0 Å². The van der Waals surface area contributed by atoms with Gasteiger partial charge in [-0.1, -0.05) is 60.2 Å². The molecule has 0 aromatic heterocycles. The Morgan fingerprint density at radius 3 is 2.23 bits per heavy atom. The summed E-state index contributed by atoms with van der Waals surface area (Å²) >= 11 is 0. The SMILES string of the molecule is C=C(CC(=O)O)C(=O)OC(C(=O)c1cccc(C)c1)c1cccc(C)c1. The lowest BCUT2D eigenvalue weighted by Crippen LogP contribution is -2.22. The highest BCUT2D eigenvalue weighted by Gasteiger charge is 2.27. The third kappa shape index (κ3) is 4.89. The first-order chi connectivity index (χ1) is 12.3. The quantitative estimate of drug-likeness (QED) is 0.466. The van der Waals surface area contributed by atoms with Crippen LogP contribution in [0.1, 0.15) is 39.6 Å². The van der Waals surface area contributed by atoms with E-state index in [-0.39, 0.29) is 11.4 Å². The van der Waals surface area contributed by atoms with Gasteiger partial charge in [-0.3, -0.25) is 9.59 Å². The average Bonchev–Trinajstić information content (AvgIpc) is 2.58. The summed E-state index contributed by atoms with van der Waals surface area (Å²) in [4.78, 5) is 36.0. The number of carbonyl (C=O) groups excluding carboxylic acids is 2. The Hall–Kier alpha value is -3.21. The summed E-state index contributed by atoms with van der Waals surface area (Å²) in [6, 6.07) is 14.1. The summed E-state index contributed by atoms with van der Waals surface area (Å²) < 4.78 is 5.36. The zero-order chi connectivity index (χ0) is 19.3. The maximum Gasteiger partial charge on any atom is 0.335 e. The minimum absolute atomic E-state index is 0.216. The smallest absolute Gasteiger partial charge is 0.335 e. The van der Waals surface area contributed by atoms with Crippen LogP contribution in [0.3, 0.4) is 0 Å². The van der Waals surface area contributed by atoms with Crippen molar-refractivity contribution in [2.75, 3.05) is 0 Å². The van der Waals surface area contributed by atoms with E-state index < -0.39 is 24.5 Å². The van der Waals surface area contributed by atoms with Gasteiger partial charge in [0.05, 0.1) is 6.42 Å². The maximum atomic E-state index is 13.0. The first-order valence-corrected chi connectivity index (χ1v) is 8.06. The third-order valence-corrected chi connectivity index (χ3v) is 3.76. The van der Waals surface area contributed by atoms with Crippen molar-refractivity contribution in [3.05, 3.63) is 82.9 Å². The molecule has 0 aliphatic rings. The molecule has 0 saturated carbocycles. The van der Waals surface area contributed by atoms with Gasteiger partial charge >= 0.3 is 11.9 Å². The van der Waals surface area contributed by atoms with Crippen LogP contribution in [0.2, 0.25) is 0 Å². The van der Waals surface area contributed by atoms with E-state index in [1.807, 2.05) is 26.0 Å². The molecule has 26 heavy (non-hydrogen) atoms. The molecule has 134 valence electrons. The Morgan fingerprint density at radius 1 is 1.04 bits per heavy atom. The molecule has 1 atom stereocenters. The van der Waals surface area contributed by atoms with E-state index in [2.05, 4.69) is 6.58 Å². The molecule has 0 aliphatic heterocycles. The van der Waals surface area contributed by atoms with E-state index in [1.165, 1.54) is 0 Å². The topological polar surface area (TPSA) is 80.7 Å². The van der Waals surface area contributed by atoms with Gasteiger partial charge in [0.2, 0.25) is 5.78 Å². The van der Waals surface area contributed by atoms with Crippen molar-refractivity contribution < 1.29 is 24.2 Å². The van der Waals surface area contributed by atoms with Crippen molar-refractivity contribution in [1.82, 2.24) is 0 Å². The number of Topliss-reactive ketones (excluding diaryl/α,β-unsaturated/α-hetero) is 1. The van der Waals surface area contributed by atoms with Gasteiger partial charge in [0, 0.05) is 16.7 Å². The van der Waals surface area contributed by atoms with Gasteiger partial charge in [-0.05, 0) is 19.9 Å². The van der Waals surface area contributed by atoms with Crippen LogP contribution in [0.15, 0.2) is 60.7 Å². The second kappa shape index (κ2) is 8.25. The van der Waals surface area contributed by atoms with E-state index in [4.69, 9.17) is 9.84 Å². The molecule has 5 nitrogen and oxygen atoms in total. The molecule has 0 aliphatic carbocycles. The van der Waals surface area contributed by atoms with Crippen molar-refractivity contribution >= 4 is 17.7 Å². The molecule has 0 saturated heterocycles. The fourth-order valence-corrected chi connectivity index (χ4v) is 2.50. The van der Waals surface area contributed by atoms with Gasteiger partial charge in [-0.25, -0.2) is 4.79 Å². The molecule has 2 aromatic rings. The fraction of sp³-hybridized carbons (Fsp3) is 0.190. The van der Waals surface area contributed by atoms with E-state index in [0.717, 1.165) is 11.1 Å². The first-order valence-electron chi connectivity index (χ1n) is 8.06. The normalized spacial score (nSPS) is 11.5. The van der Waals surface area contributed by atoms with Gasteiger partial charge in [0.15, 0.2) is 6.10 Å². The Morgan fingerprint density at radius 2 is 1.65 bits per heavy atom. The predicted octanol–water partition coefficient (Wildman–Crippen LogP) is 3.80. The summed E-state index contributed by atoms with van der Waals surface area (Å²) in [7, 11) is 0. The van der Waals surface area contributed by atoms with E-state index in [9.17, 15) is 14.4 Å². The second-order valence-electron chi connectivity index (χ2n) is 6.11. The van der Waals surface area contributed by atoms with Crippen molar-refractivity contribution in [2.24, 2.45) is 0 Å². The molecular formula is C21H20O5. The zero-order valence-electron chi connectivity index (χ0n) is 14.7. The number of aryl methyl sites for hydroxylation is 2. The number of carboxylic acids is 1. The lowest BCUT2D eigenvalue weighted by Gasteiger charge is -2.18. The van der Waals surface area contributed by atoms with Crippen molar-refractivity contribution in [3.63, 3.8) is 0 Å². The lowest BCUT2D eigenvalue weighted by atomic mass is 9.97. The molecule has 0 heterocycles. The Kier molecular flexibility index (Phi) is 6.07. The second-order valence-corrected chi connectivity index (χ2v) is 6.11. The third-order valence-electron chi connectivity index (χ3n) is 3.76. The number of rotatable bonds is 7. The highest BCUT2D eigenvalue weighted by molar-refractivity contribution is 6.02. The maximum absolute atomic E-state index is 13.0. The van der Waals surface area contributed by atoms with Crippen LogP contribution in [0, 0.1) is 13.8 Å². The van der Waals surface area contributed by atoms with Crippen LogP contribution in [0.25, 0.3) is 0 Å². The number of hydrogen-bond acceptors (Lipinski definition) is 4. The van der Waals surface area contributed by atoms with Crippen LogP contribution in [-0.2, 0) is 14.3 Å². The Bertz CT molecular complexity index is 866. The van der Waals surface area contributed by atoms with E-state index in [0.29, 0.717) is 11.1 Å². The molecule has 0 radical (unpaired) electrons. The van der Waals surface area contributed by atoms with Gasteiger partial charge < -0.3 is 9.84 Å². The summed E-state index contributed by atoms with van der Waals surface area (Å²) in [5, 5.41) is 8.80. The average molecular weight is 352 g/mol. The molecule has 0 amide bonds. The summed E-state index contributed by atoms with van der Waals surface area (Å²) in [5.74, 6) is -2.47. The van der Waals surface area contributed by atoms with Gasteiger partial charge in [0.25, 0.3) is 0 Å². The number of carbonyl (C=O) groups is 3. The summed E-state index contributed by atoms with van der Waals surface area (Å²) in [6.07, 6.45) is -1.72. The lowest BCUT2D eigenvalue weighted by molar-refractivity contribution is -0.145. The fourth-order valence-electron chi connectivity index (χ4n) is 2.50. The molecule has 0 spiro atoms. The summed E-state index contributed by atoms with van der Waals surface area (Å²) in [5.41, 5.74) is 2.53. The largest absolute Gasteiger partial charge is 0.481 e. The molecule has 1 unspecified atom stereocenters. The van der Waals surface area contributed by atoms with Crippen molar-refractivity contribution in [3.8, 4) is 0 Å². The molecule has 2 rings (SSSR count). The monoisotopic (exact) mass is 352 g/mol. The minimum atomic E-state index is -1.19. The number of ether oxygens (including phenoxy) is 1. The van der Waals surface area contributed by atoms with E-state index >= 15 is 0 Å². The van der Waals surface area contributed by atoms with Crippen LogP contribution in [0.5, 0.6) is 0 Å². The zero-order valence-corrected chi connectivity index (χ0v) is 14.7. The van der Waals surface area contributed by atoms with Gasteiger partial charge in [0.1, 0.15) is 0 Å². The van der Waals surface area contributed by atoms with Crippen molar-refractivity contribution in [1.29, 1.82) is 0 Å². The number of benzene rings is 2. The molecular weight excluding hydrogens is 332 g/mol. The van der Waals surface area contributed by atoms with Crippen molar-refractivity contribution in [2.45, 2.75) is 26.4 Å². The molecule has 1 N–H and O–H groups in total. The number of hydrogen-bond donors (Lipinski definition) is 1. The number of carboxylic acid groups (broad SMARTS) is 1. The van der Waals surface area contributed by atoms with Gasteiger partial charge in [-0.2, -0.15) is 0 Å². The van der Waals surface area contributed by atoms with Crippen LogP contribution in [-0.4, -0.2) is 22.8 Å². The first kappa shape index (κ1) is 19.1. The molecule has 0 bridgehead atoms. The molecule has 0 fully saturated rings. The Balaban J connectivity index is 2.36. The van der Waals surface area contributed by atoms with Gasteiger partial charge in [-0.15, -0.1) is 0 Å². The number of esters is 1. The standard InChI is InChI=1S/C21H20O5/c1-13-6-4-8-16(10-13)19(24)20(17-9-5-7-14(2)11-17)26-21(25)15(3)12-18(22)23/h4-11,20H,3,12H2,1-2H3,(H,22,23). The van der Waals surface area contributed by atoms with Crippen LogP contribution >= 0.6 is 0 Å². The Labute approximate surface area is 151 Å². The molecule has 2 aromatic carbocycles.